The molecule has 0 saturated carbocycles. The number of benzene rings is 2. The minimum Gasteiger partial charge on any atom is -0.325 e. The number of aromatic nitrogens is 3. The van der Waals surface area contributed by atoms with Gasteiger partial charge in [0.2, 0.25) is 11.7 Å². The van der Waals surface area contributed by atoms with E-state index in [1.807, 2.05) is 0 Å². The molecule has 0 bridgehead atoms. The molecule has 0 aliphatic heterocycles. The van der Waals surface area contributed by atoms with Gasteiger partial charge in [0.15, 0.2) is 5.16 Å². The zero-order valence-corrected chi connectivity index (χ0v) is 15.3. The lowest BCUT2D eigenvalue weighted by Crippen LogP contribution is -2.20. The standard InChI is InChI=1S/C18H14F4N4OS/c1-26-16(18(20,21)22)24-25-17(26)28-14(11-5-3-2-4-6-11)15(27)23-13-9-7-12(19)8-10-13/h2-10,14H,1H3,(H,23,27)/t14-/m0/s1. The third-order valence-corrected chi connectivity index (χ3v) is 5.05. The number of rotatable bonds is 5. The summed E-state index contributed by atoms with van der Waals surface area (Å²) in [5, 5.41) is 8.44. The molecule has 1 N–H and O–H groups in total. The van der Waals surface area contributed by atoms with Crippen LogP contribution in [0.15, 0.2) is 59.8 Å². The monoisotopic (exact) mass is 410 g/mol. The van der Waals surface area contributed by atoms with E-state index >= 15 is 0 Å². The van der Waals surface area contributed by atoms with Gasteiger partial charge in [-0.1, -0.05) is 42.1 Å². The van der Waals surface area contributed by atoms with Crippen LogP contribution < -0.4 is 5.32 Å². The van der Waals surface area contributed by atoms with Crippen LogP contribution in [0.1, 0.15) is 16.6 Å². The number of halogens is 4. The van der Waals surface area contributed by atoms with Crippen molar-refractivity contribution in [1.82, 2.24) is 14.8 Å². The van der Waals surface area contributed by atoms with Gasteiger partial charge in [0.25, 0.3) is 0 Å². The number of nitrogens with one attached hydrogen (secondary N) is 1. The first kappa shape index (κ1) is 19.9. The number of alkyl halides is 3. The minimum absolute atomic E-state index is 0.0598. The molecule has 0 spiro atoms. The van der Waals surface area contributed by atoms with Crippen LogP contribution in [0, 0.1) is 5.82 Å². The lowest BCUT2D eigenvalue weighted by molar-refractivity contribution is -0.147. The van der Waals surface area contributed by atoms with E-state index in [0.29, 0.717) is 11.3 Å². The highest BCUT2D eigenvalue weighted by atomic mass is 32.2. The molecule has 1 aromatic heterocycles. The Balaban J connectivity index is 1.89. The smallest absolute Gasteiger partial charge is 0.325 e. The number of hydrogen-bond donors (Lipinski definition) is 1. The first-order valence-electron chi connectivity index (χ1n) is 8.00. The first-order chi connectivity index (χ1) is 13.3. The highest BCUT2D eigenvalue weighted by Crippen LogP contribution is 2.37. The van der Waals surface area contributed by atoms with Crippen LogP contribution in [0.4, 0.5) is 23.2 Å². The van der Waals surface area contributed by atoms with Crippen molar-refractivity contribution in [1.29, 1.82) is 0 Å². The number of carbonyl (C=O) groups is 1. The molecule has 5 nitrogen and oxygen atoms in total. The highest BCUT2D eigenvalue weighted by Gasteiger charge is 2.38. The van der Waals surface area contributed by atoms with Crippen molar-refractivity contribution in [2.24, 2.45) is 7.05 Å². The SMILES string of the molecule is Cn1c(S[C@H](C(=O)Nc2ccc(F)cc2)c2ccccc2)nnc1C(F)(F)F. The van der Waals surface area contributed by atoms with E-state index in [1.165, 1.54) is 31.3 Å². The molecule has 0 radical (unpaired) electrons. The zero-order chi connectivity index (χ0) is 20.3. The summed E-state index contributed by atoms with van der Waals surface area (Å²) < 4.78 is 52.7. The Morgan fingerprint density at radius 1 is 1.07 bits per heavy atom. The van der Waals surface area contributed by atoms with Gasteiger partial charge >= 0.3 is 6.18 Å². The second-order valence-electron chi connectivity index (χ2n) is 5.77. The van der Waals surface area contributed by atoms with Gasteiger partial charge in [-0.25, -0.2) is 4.39 Å². The average molecular weight is 410 g/mol. The summed E-state index contributed by atoms with van der Waals surface area (Å²) in [4.78, 5) is 12.8. The van der Waals surface area contributed by atoms with Gasteiger partial charge in [-0.2, -0.15) is 13.2 Å². The molecule has 0 fully saturated rings. The molecule has 1 heterocycles. The molecule has 1 amide bonds. The van der Waals surface area contributed by atoms with E-state index in [1.54, 1.807) is 30.3 Å². The summed E-state index contributed by atoms with van der Waals surface area (Å²) in [7, 11) is 1.19. The molecular formula is C18H14F4N4OS. The largest absolute Gasteiger partial charge is 0.451 e. The minimum atomic E-state index is -4.65. The Bertz CT molecular complexity index is 958. The van der Waals surface area contributed by atoms with Crippen molar-refractivity contribution in [3.63, 3.8) is 0 Å². The third kappa shape index (κ3) is 4.50. The van der Waals surface area contributed by atoms with Crippen molar-refractivity contribution in [3.8, 4) is 0 Å². The summed E-state index contributed by atoms with van der Waals surface area (Å²) in [6.45, 7) is 0. The molecule has 146 valence electrons. The number of hydrogen-bond acceptors (Lipinski definition) is 4. The fourth-order valence-electron chi connectivity index (χ4n) is 2.41. The van der Waals surface area contributed by atoms with Crippen molar-refractivity contribution in [2.75, 3.05) is 5.32 Å². The van der Waals surface area contributed by atoms with Crippen LogP contribution in [-0.4, -0.2) is 20.7 Å². The molecular weight excluding hydrogens is 396 g/mol. The Morgan fingerprint density at radius 2 is 1.71 bits per heavy atom. The van der Waals surface area contributed by atoms with Crippen molar-refractivity contribution >= 4 is 23.4 Å². The van der Waals surface area contributed by atoms with Crippen LogP contribution in [-0.2, 0) is 18.0 Å². The Hall–Kier alpha value is -2.88. The predicted octanol–water partition coefficient (Wildman–Crippen LogP) is 4.45. The summed E-state index contributed by atoms with van der Waals surface area (Å²) in [5.74, 6) is -2.09. The van der Waals surface area contributed by atoms with Crippen molar-refractivity contribution < 1.29 is 22.4 Å². The number of thioether (sulfide) groups is 1. The maximum atomic E-state index is 13.1. The normalized spacial score (nSPS) is 12.6. The molecule has 0 unspecified atom stereocenters. The molecule has 0 aliphatic rings. The second kappa shape index (κ2) is 8.01. The number of anilines is 1. The van der Waals surface area contributed by atoms with Gasteiger partial charge in [-0.15, -0.1) is 10.2 Å². The summed E-state index contributed by atoms with van der Waals surface area (Å²) >= 11 is 0.839. The predicted molar refractivity (Wildman–Crippen MR) is 96.1 cm³/mol. The number of nitrogens with zero attached hydrogens (tertiary/aromatic N) is 3. The Kier molecular flexibility index (Phi) is 5.68. The average Bonchev–Trinajstić information content (AvgIpc) is 3.03. The molecule has 3 rings (SSSR count). The summed E-state index contributed by atoms with van der Waals surface area (Å²) in [5.41, 5.74) is 0.936. The second-order valence-corrected chi connectivity index (χ2v) is 6.84. The van der Waals surface area contributed by atoms with Gasteiger partial charge < -0.3 is 9.88 Å². The molecule has 1 atom stereocenters. The first-order valence-corrected chi connectivity index (χ1v) is 8.88. The fraction of sp³-hybridized carbons (Fsp3) is 0.167. The Labute approximate surface area is 161 Å². The number of carbonyl (C=O) groups excluding carboxylic acids is 1. The third-order valence-electron chi connectivity index (χ3n) is 3.76. The van der Waals surface area contributed by atoms with Gasteiger partial charge in [-0.3, -0.25) is 4.79 Å². The lowest BCUT2D eigenvalue weighted by Gasteiger charge is -2.17. The van der Waals surface area contributed by atoms with Crippen LogP contribution in [0.5, 0.6) is 0 Å². The van der Waals surface area contributed by atoms with Crippen LogP contribution in [0.2, 0.25) is 0 Å². The maximum Gasteiger partial charge on any atom is 0.451 e. The number of amides is 1. The Morgan fingerprint density at radius 3 is 2.29 bits per heavy atom. The maximum absolute atomic E-state index is 13.1. The van der Waals surface area contributed by atoms with Crippen LogP contribution >= 0.6 is 11.8 Å². The molecule has 2 aromatic carbocycles. The fourth-order valence-corrected chi connectivity index (χ4v) is 3.41. The van der Waals surface area contributed by atoms with Gasteiger partial charge in [-0.05, 0) is 29.8 Å². The molecule has 28 heavy (non-hydrogen) atoms. The van der Waals surface area contributed by atoms with E-state index in [2.05, 4.69) is 15.5 Å². The molecule has 0 saturated heterocycles. The summed E-state index contributed by atoms with van der Waals surface area (Å²) in [6, 6.07) is 13.7. The topological polar surface area (TPSA) is 59.8 Å². The quantitative estimate of drug-likeness (QED) is 0.499. The van der Waals surface area contributed by atoms with E-state index in [-0.39, 0.29) is 5.16 Å². The van der Waals surface area contributed by atoms with E-state index in [9.17, 15) is 22.4 Å². The molecule has 10 heteroatoms. The highest BCUT2D eigenvalue weighted by molar-refractivity contribution is 8.00. The van der Waals surface area contributed by atoms with Crippen LogP contribution in [0.25, 0.3) is 0 Å². The van der Waals surface area contributed by atoms with Crippen molar-refractivity contribution in [2.45, 2.75) is 16.6 Å². The van der Waals surface area contributed by atoms with E-state index in [0.717, 1.165) is 16.3 Å². The summed E-state index contributed by atoms with van der Waals surface area (Å²) in [6.07, 6.45) is -4.65. The lowest BCUT2D eigenvalue weighted by atomic mass is 10.1. The van der Waals surface area contributed by atoms with Gasteiger partial charge in [0, 0.05) is 12.7 Å². The molecule has 0 aliphatic carbocycles. The van der Waals surface area contributed by atoms with Crippen molar-refractivity contribution in [3.05, 3.63) is 71.8 Å². The zero-order valence-electron chi connectivity index (χ0n) is 14.4. The van der Waals surface area contributed by atoms with Gasteiger partial charge in [0.05, 0.1) is 0 Å². The molecule has 3 aromatic rings. The van der Waals surface area contributed by atoms with Gasteiger partial charge in [0.1, 0.15) is 11.1 Å². The van der Waals surface area contributed by atoms with Crippen LogP contribution in [0.3, 0.4) is 0 Å². The van der Waals surface area contributed by atoms with E-state index < -0.39 is 29.0 Å². The van der Waals surface area contributed by atoms with E-state index in [4.69, 9.17) is 0 Å².